The Kier molecular flexibility index (Phi) is 4.57. The third kappa shape index (κ3) is 3.81. The molecule has 1 aromatic rings. The molecule has 1 unspecified atom stereocenters. The molecule has 0 aliphatic heterocycles. The van der Waals surface area contributed by atoms with Gasteiger partial charge in [-0.1, -0.05) is 11.6 Å². The molecule has 0 saturated heterocycles. The Morgan fingerprint density at radius 1 is 1.53 bits per heavy atom. The van der Waals surface area contributed by atoms with Gasteiger partial charge in [-0.2, -0.15) is 4.98 Å². The van der Waals surface area contributed by atoms with E-state index in [1.54, 1.807) is 6.92 Å². The molecule has 0 aliphatic carbocycles. The number of halogens is 2. The molecule has 1 atom stereocenters. The van der Waals surface area contributed by atoms with E-state index in [4.69, 9.17) is 28.3 Å². The van der Waals surface area contributed by atoms with Crippen molar-refractivity contribution in [3.8, 4) is 0 Å². The molecule has 0 aromatic carbocycles. The first-order valence-electron chi connectivity index (χ1n) is 4.58. The molecule has 6 heteroatoms. The second-order valence-corrected chi connectivity index (χ2v) is 4.12. The molecular weight excluding hydrogens is 237 g/mol. The van der Waals surface area contributed by atoms with Crippen LogP contribution >= 0.6 is 23.2 Å². The van der Waals surface area contributed by atoms with Crippen LogP contribution in [0.2, 0.25) is 10.3 Å². The number of hydrogen-bond donors (Lipinski definition) is 1. The predicted molar refractivity (Wildman–Crippen MR) is 61.6 cm³/mol. The molecule has 1 aromatic heterocycles. The van der Waals surface area contributed by atoms with E-state index in [0.717, 1.165) is 0 Å². The summed E-state index contributed by atoms with van der Waals surface area (Å²) in [6, 6.07) is 0. The van der Waals surface area contributed by atoms with Gasteiger partial charge in [0.25, 0.3) is 0 Å². The van der Waals surface area contributed by atoms with Gasteiger partial charge in [0, 0.05) is 13.6 Å². The van der Waals surface area contributed by atoms with Crippen molar-refractivity contribution >= 4 is 29.0 Å². The lowest BCUT2D eigenvalue weighted by Crippen LogP contribution is -2.23. The highest BCUT2D eigenvalue weighted by molar-refractivity contribution is 6.33. The van der Waals surface area contributed by atoms with Crippen LogP contribution in [0.15, 0.2) is 6.20 Å². The van der Waals surface area contributed by atoms with Gasteiger partial charge in [0.1, 0.15) is 5.02 Å². The van der Waals surface area contributed by atoms with Crippen molar-refractivity contribution in [2.24, 2.45) is 0 Å². The van der Waals surface area contributed by atoms with Crippen LogP contribution in [0.4, 0.5) is 5.82 Å². The molecule has 1 heterocycles. The number of nitrogens with zero attached hydrogens (tertiary/aromatic N) is 3. The Hall–Kier alpha value is -0.580. The molecule has 84 valence electrons. The van der Waals surface area contributed by atoms with Gasteiger partial charge in [-0.05, 0) is 24.9 Å². The number of aromatic nitrogens is 2. The second-order valence-electron chi connectivity index (χ2n) is 3.37. The summed E-state index contributed by atoms with van der Waals surface area (Å²) in [5.41, 5.74) is 0. The van der Waals surface area contributed by atoms with Crippen molar-refractivity contribution in [3.05, 3.63) is 16.5 Å². The van der Waals surface area contributed by atoms with Crippen LogP contribution in [-0.4, -0.2) is 34.8 Å². The van der Waals surface area contributed by atoms with Crippen LogP contribution in [-0.2, 0) is 0 Å². The average molecular weight is 250 g/mol. The first-order valence-corrected chi connectivity index (χ1v) is 5.33. The molecule has 0 amide bonds. The minimum Gasteiger partial charge on any atom is -0.393 e. The number of aliphatic hydroxyl groups excluding tert-OH is 1. The summed E-state index contributed by atoms with van der Waals surface area (Å²) in [7, 11) is 1.84. The maximum absolute atomic E-state index is 9.15. The van der Waals surface area contributed by atoms with Crippen molar-refractivity contribution in [2.75, 3.05) is 18.5 Å². The summed E-state index contributed by atoms with van der Waals surface area (Å²) in [5, 5.41) is 9.77. The van der Waals surface area contributed by atoms with Gasteiger partial charge in [0.05, 0.1) is 12.3 Å². The van der Waals surface area contributed by atoms with E-state index >= 15 is 0 Å². The van der Waals surface area contributed by atoms with E-state index in [1.807, 2.05) is 11.9 Å². The van der Waals surface area contributed by atoms with Crippen LogP contribution in [0.5, 0.6) is 0 Å². The van der Waals surface area contributed by atoms with E-state index in [2.05, 4.69) is 9.97 Å². The molecule has 0 saturated carbocycles. The normalized spacial score (nSPS) is 12.6. The van der Waals surface area contributed by atoms with E-state index in [0.29, 0.717) is 23.8 Å². The Morgan fingerprint density at radius 3 is 2.80 bits per heavy atom. The Bertz CT molecular complexity index is 333. The lowest BCUT2D eigenvalue weighted by atomic mass is 10.3. The smallest absolute Gasteiger partial charge is 0.224 e. The molecule has 0 aliphatic rings. The highest BCUT2D eigenvalue weighted by Crippen LogP contribution is 2.22. The minimum atomic E-state index is -0.344. The van der Waals surface area contributed by atoms with E-state index in [9.17, 15) is 0 Å². The third-order valence-corrected chi connectivity index (χ3v) is 2.39. The molecule has 1 N–H and O–H groups in total. The highest BCUT2D eigenvalue weighted by atomic mass is 35.5. The van der Waals surface area contributed by atoms with Crippen molar-refractivity contribution < 1.29 is 5.11 Å². The monoisotopic (exact) mass is 249 g/mol. The Labute approximate surface area is 98.9 Å². The van der Waals surface area contributed by atoms with Gasteiger partial charge in [-0.15, -0.1) is 0 Å². The van der Waals surface area contributed by atoms with Gasteiger partial charge < -0.3 is 10.0 Å². The number of rotatable bonds is 4. The van der Waals surface area contributed by atoms with Crippen LogP contribution in [0, 0.1) is 0 Å². The average Bonchev–Trinajstić information content (AvgIpc) is 2.18. The fourth-order valence-electron chi connectivity index (χ4n) is 1.09. The van der Waals surface area contributed by atoms with Crippen LogP contribution in [0.1, 0.15) is 13.3 Å². The van der Waals surface area contributed by atoms with Crippen molar-refractivity contribution in [1.82, 2.24) is 9.97 Å². The third-order valence-electron chi connectivity index (χ3n) is 1.94. The summed E-state index contributed by atoms with van der Waals surface area (Å²) in [5.74, 6) is 0.581. The van der Waals surface area contributed by atoms with E-state index in [1.165, 1.54) is 6.20 Å². The molecule has 15 heavy (non-hydrogen) atoms. The largest absolute Gasteiger partial charge is 0.393 e. The molecule has 0 fully saturated rings. The number of aliphatic hydroxyl groups is 1. The molecule has 1 rings (SSSR count). The SMILES string of the molecule is CC(O)CCN(C)c1nc(Cl)ncc1Cl. The zero-order valence-corrected chi connectivity index (χ0v) is 10.1. The van der Waals surface area contributed by atoms with Crippen LogP contribution < -0.4 is 4.90 Å². The fourth-order valence-corrected chi connectivity index (χ4v) is 1.46. The highest BCUT2D eigenvalue weighted by Gasteiger charge is 2.10. The molecule has 0 spiro atoms. The summed E-state index contributed by atoms with van der Waals surface area (Å²) in [4.78, 5) is 9.62. The minimum absolute atomic E-state index is 0.165. The number of hydrogen-bond acceptors (Lipinski definition) is 4. The zero-order valence-electron chi connectivity index (χ0n) is 8.61. The van der Waals surface area contributed by atoms with Gasteiger partial charge >= 0.3 is 0 Å². The number of anilines is 1. The predicted octanol–water partition coefficient (Wildman–Crippen LogP) is 1.99. The summed E-state index contributed by atoms with van der Waals surface area (Å²) in [6.45, 7) is 2.40. The van der Waals surface area contributed by atoms with E-state index < -0.39 is 0 Å². The van der Waals surface area contributed by atoms with Crippen molar-refractivity contribution in [3.63, 3.8) is 0 Å². The van der Waals surface area contributed by atoms with Gasteiger partial charge in [0.15, 0.2) is 5.82 Å². The Balaban J connectivity index is 2.72. The fraction of sp³-hybridized carbons (Fsp3) is 0.556. The Morgan fingerprint density at radius 2 is 2.20 bits per heavy atom. The van der Waals surface area contributed by atoms with Crippen LogP contribution in [0.3, 0.4) is 0 Å². The summed E-state index contributed by atoms with van der Waals surface area (Å²) in [6.07, 6.45) is 1.77. The van der Waals surface area contributed by atoms with Gasteiger partial charge in [0.2, 0.25) is 5.28 Å². The topological polar surface area (TPSA) is 49.2 Å². The molecule has 4 nitrogen and oxygen atoms in total. The van der Waals surface area contributed by atoms with Crippen molar-refractivity contribution in [2.45, 2.75) is 19.4 Å². The lowest BCUT2D eigenvalue weighted by molar-refractivity contribution is 0.187. The zero-order chi connectivity index (χ0) is 11.4. The first kappa shape index (κ1) is 12.5. The van der Waals surface area contributed by atoms with E-state index in [-0.39, 0.29) is 11.4 Å². The molecule has 0 radical (unpaired) electrons. The second kappa shape index (κ2) is 5.49. The van der Waals surface area contributed by atoms with Crippen LogP contribution in [0.25, 0.3) is 0 Å². The molecular formula is C9H13Cl2N3O. The van der Waals surface area contributed by atoms with Gasteiger partial charge in [-0.3, -0.25) is 0 Å². The summed E-state index contributed by atoms with van der Waals surface area (Å²) >= 11 is 11.6. The van der Waals surface area contributed by atoms with Crippen molar-refractivity contribution in [1.29, 1.82) is 0 Å². The summed E-state index contributed by atoms with van der Waals surface area (Å²) < 4.78 is 0. The van der Waals surface area contributed by atoms with Gasteiger partial charge in [-0.25, -0.2) is 4.98 Å². The maximum Gasteiger partial charge on any atom is 0.224 e. The standard InChI is InChI=1S/C9H13Cl2N3O/c1-6(15)3-4-14(2)8-7(10)5-12-9(11)13-8/h5-6,15H,3-4H2,1-2H3. The lowest BCUT2D eigenvalue weighted by Gasteiger charge is -2.19. The quantitative estimate of drug-likeness (QED) is 0.830. The maximum atomic E-state index is 9.15. The molecule has 0 bridgehead atoms. The first-order chi connectivity index (χ1) is 7.00.